The van der Waals surface area contributed by atoms with Crippen LogP contribution < -0.4 is 10.1 Å². The molecule has 0 bridgehead atoms. The summed E-state index contributed by atoms with van der Waals surface area (Å²) in [5, 5.41) is 14.4. The number of aliphatic hydroxyl groups is 1. The van der Waals surface area contributed by atoms with Gasteiger partial charge < -0.3 is 19.7 Å². The molecule has 2 heterocycles. The minimum atomic E-state index is -1.02. The minimum absolute atomic E-state index is 0.137. The van der Waals surface area contributed by atoms with Crippen molar-refractivity contribution in [2.24, 2.45) is 13.0 Å². The number of nitrogens with zero attached hydrogens (tertiary/aromatic N) is 3. The van der Waals surface area contributed by atoms with Gasteiger partial charge in [0.05, 0.1) is 17.6 Å². The lowest BCUT2D eigenvalue weighted by atomic mass is 9.81. The van der Waals surface area contributed by atoms with E-state index in [4.69, 9.17) is 4.74 Å². The number of halogens is 1. The SMILES string of the molecule is Cc1nc2cc(NC(=O)CN3CC[C@@](O)(CC(C)C)[C@@H](Oc4ccc(F)cc4)C3)ccc2n1C. The van der Waals surface area contributed by atoms with Crippen LogP contribution in [0.1, 0.15) is 32.5 Å². The van der Waals surface area contributed by atoms with Gasteiger partial charge in [0.1, 0.15) is 29.1 Å². The van der Waals surface area contributed by atoms with E-state index in [1.54, 1.807) is 12.1 Å². The molecule has 1 aliphatic heterocycles. The van der Waals surface area contributed by atoms with Gasteiger partial charge >= 0.3 is 0 Å². The number of rotatable bonds is 7. The third kappa shape index (κ3) is 5.39. The maximum atomic E-state index is 13.3. The Morgan fingerprint density at radius 2 is 2.03 bits per heavy atom. The van der Waals surface area contributed by atoms with Gasteiger partial charge in [-0.2, -0.15) is 0 Å². The van der Waals surface area contributed by atoms with E-state index in [0.29, 0.717) is 37.4 Å². The van der Waals surface area contributed by atoms with E-state index in [1.165, 1.54) is 12.1 Å². The zero-order valence-electron chi connectivity index (χ0n) is 20.2. The number of piperidine rings is 1. The fourth-order valence-corrected chi connectivity index (χ4v) is 4.72. The molecule has 1 aliphatic rings. The number of fused-ring (bicyclic) bond motifs is 1. The minimum Gasteiger partial charge on any atom is -0.486 e. The van der Waals surface area contributed by atoms with Crippen LogP contribution in [0.4, 0.5) is 10.1 Å². The fourth-order valence-electron chi connectivity index (χ4n) is 4.72. The van der Waals surface area contributed by atoms with Gasteiger partial charge in [-0.05, 0) is 68.1 Å². The number of hydrogen-bond acceptors (Lipinski definition) is 5. The van der Waals surface area contributed by atoms with Crippen LogP contribution in [0.3, 0.4) is 0 Å². The lowest BCUT2D eigenvalue weighted by Crippen LogP contribution is -2.59. The number of likely N-dealkylation sites (tertiary alicyclic amines) is 1. The van der Waals surface area contributed by atoms with E-state index >= 15 is 0 Å². The van der Waals surface area contributed by atoms with E-state index in [2.05, 4.69) is 24.1 Å². The Hall–Kier alpha value is -2.97. The molecule has 3 aromatic rings. The van der Waals surface area contributed by atoms with Crippen molar-refractivity contribution < 1.29 is 19.0 Å². The first-order valence-electron chi connectivity index (χ1n) is 11.7. The molecular formula is C26H33FN4O3. The fraction of sp³-hybridized carbons (Fsp3) is 0.462. The molecule has 0 radical (unpaired) electrons. The first kappa shape index (κ1) is 24.2. The van der Waals surface area contributed by atoms with Crippen LogP contribution in [0.2, 0.25) is 0 Å². The molecule has 0 unspecified atom stereocenters. The highest BCUT2D eigenvalue weighted by atomic mass is 19.1. The second-order valence-corrected chi connectivity index (χ2v) is 9.72. The average molecular weight is 469 g/mol. The Morgan fingerprint density at radius 1 is 1.29 bits per heavy atom. The Kier molecular flexibility index (Phi) is 6.91. The van der Waals surface area contributed by atoms with Crippen molar-refractivity contribution in [2.45, 2.75) is 45.3 Å². The second kappa shape index (κ2) is 9.72. The molecule has 1 aromatic heterocycles. The van der Waals surface area contributed by atoms with E-state index < -0.39 is 11.7 Å². The largest absolute Gasteiger partial charge is 0.486 e. The van der Waals surface area contributed by atoms with Crippen LogP contribution in [-0.2, 0) is 11.8 Å². The number of anilines is 1. The first-order chi connectivity index (χ1) is 16.1. The van der Waals surface area contributed by atoms with Crippen molar-refractivity contribution >= 4 is 22.6 Å². The van der Waals surface area contributed by atoms with Crippen molar-refractivity contribution in [3.63, 3.8) is 0 Å². The summed E-state index contributed by atoms with van der Waals surface area (Å²) >= 11 is 0. The Morgan fingerprint density at radius 3 is 2.74 bits per heavy atom. The summed E-state index contributed by atoms with van der Waals surface area (Å²) < 4.78 is 21.4. The van der Waals surface area contributed by atoms with Gasteiger partial charge in [-0.25, -0.2) is 9.37 Å². The maximum absolute atomic E-state index is 13.3. The van der Waals surface area contributed by atoms with Crippen molar-refractivity contribution in [2.75, 3.05) is 25.0 Å². The van der Waals surface area contributed by atoms with Crippen LogP contribution >= 0.6 is 0 Å². The van der Waals surface area contributed by atoms with Crippen LogP contribution in [0.25, 0.3) is 11.0 Å². The van der Waals surface area contributed by atoms with E-state index in [-0.39, 0.29) is 24.2 Å². The highest BCUT2D eigenvalue weighted by Crippen LogP contribution is 2.32. The molecule has 2 atom stereocenters. The molecule has 7 nitrogen and oxygen atoms in total. The number of nitrogens with one attached hydrogen (secondary N) is 1. The number of aromatic nitrogens is 2. The molecule has 0 aliphatic carbocycles. The molecule has 1 fully saturated rings. The van der Waals surface area contributed by atoms with E-state index in [9.17, 15) is 14.3 Å². The number of hydrogen-bond donors (Lipinski definition) is 2. The summed E-state index contributed by atoms with van der Waals surface area (Å²) in [6.45, 7) is 7.23. The Labute approximate surface area is 199 Å². The summed E-state index contributed by atoms with van der Waals surface area (Å²) in [5.41, 5.74) is 1.53. The number of benzene rings is 2. The zero-order valence-corrected chi connectivity index (χ0v) is 20.2. The molecule has 0 saturated carbocycles. The number of imidazole rings is 1. The van der Waals surface area contributed by atoms with Crippen LogP contribution in [-0.4, -0.2) is 56.8 Å². The summed E-state index contributed by atoms with van der Waals surface area (Å²) in [5.74, 6) is 1.21. The smallest absolute Gasteiger partial charge is 0.238 e. The number of aryl methyl sites for hydroxylation is 2. The van der Waals surface area contributed by atoms with Gasteiger partial charge in [0.25, 0.3) is 0 Å². The van der Waals surface area contributed by atoms with Gasteiger partial charge in [-0.15, -0.1) is 0 Å². The van der Waals surface area contributed by atoms with Gasteiger partial charge in [0.2, 0.25) is 5.91 Å². The number of carbonyl (C=O) groups is 1. The average Bonchev–Trinajstić information content (AvgIpc) is 3.04. The molecule has 2 aromatic carbocycles. The summed E-state index contributed by atoms with van der Waals surface area (Å²) in [6, 6.07) is 11.5. The lowest BCUT2D eigenvalue weighted by molar-refractivity contribution is -0.129. The Balaban J connectivity index is 1.43. The monoisotopic (exact) mass is 468 g/mol. The van der Waals surface area contributed by atoms with Crippen molar-refractivity contribution in [1.82, 2.24) is 14.5 Å². The van der Waals surface area contributed by atoms with Crippen LogP contribution in [0.5, 0.6) is 5.75 Å². The zero-order chi connectivity index (χ0) is 24.5. The van der Waals surface area contributed by atoms with Crippen LogP contribution in [0, 0.1) is 18.7 Å². The van der Waals surface area contributed by atoms with Crippen LogP contribution in [0.15, 0.2) is 42.5 Å². The number of amides is 1. The molecule has 182 valence electrons. The predicted molar refractivity (Wildman–Crippen MR) is 130 cm³/mol. The molecule has 34 heavy (non-hydrogen) atoms. The summed E-state index contributed by atoms with van der Waals surface area (Å²) in [7, 11) is 1.96. The van der Waals surface area contributed by atoms with Gasteiger partial charge in [0, 0.05) is 25.8 Å². The standard InChI is InChI=1S/C26H33FN4O3/c1-17(2)14-26(33)11-12-31(15-24(26)34-21-8-5-19(27)6-9-21)16-25(32)29-20-7-10-23-22(13-20)28-18(3)30(23)4/h5-10,13,17,24,33H,11-12,14-16H2,1-4H3,(H,29,32)/t24-,26+/m0/s1. The second-order valence-electron chi connectivity index (χ2n) is 9.72. The van der Waals surface area contributed by atoms with E-state index in [1.807, 2.05) is 41.6 Å². The normalized spacial score (nSPS) is 21.2. The molecule has 0 spiro atoms. The first-order valence-corrected chi connectivity index (χ1v) is 11.7. The quantitative estimate of drug-likeness (QED) is 0.550. The molecular weight excluding hydrogens is 435 g/mol. The molecule has 1 amide bonds. The summed E-state index contributed by atoms with van der Waals surface area (Å²) in [6.07, 6.45) is 0.543. The molecule has 1 saturated heterocycles. The van der Waals surface area contributed by atoms with Gasteiger partial charge in [0.15, 0.2) is 0 Å². The topological polar surface area (TPSA) is 79.6 Å². The highest BCUT2D eigenvalue weighted by molar-refractivity contribution is 5.94. The van der Waals surface area contributed by atoms with E-state index in [0.717, 1.165) is 16.9 Å². The predicted octanol–water partition coefficient (Wildman–Crippen LogP) is 3.89. The van der Waals surface area contributed by atoms with Gasteiger partial charge in [-0.1, -0.05) is 13.8 Å². The number of ether oxygens (including phenoxy) is 1. The lowest BCUT2D eigenvalue weighted by Gasteiger charge is -2.45. The van der Waals surface area contributed by atoms with Crippen molar-refractivity contribution in [3.8, 4) is 5.75 Å². The number of carbonyl (C=O) groups excluding carboxylic acids is 1. The molecule has 4 rings (SSSR count). The third-order valence-corrected chi connectivity index (χ3v) is 6.49. The molecule has 8 heteroatoms. The maximum Gasteiger partial charge on any atom is 0.238 e. The summed E-state index contributed by atoms with van der Waals surface area (Å²) in [4.78, 5) is 19.3. The van der Waals surface area contributed by atoms with Crippen molar-refractivity contribution in [3.05, 3.63) is 54.1 Å². The van der Waals surface area contributed by atoms with Gasteiger partial charge in [-0.3, -0.25) is 9.69 Å². The Bertz CT molecular complexity index is 1160. The van der Waals surface area contributed by atoms with Crippen molar-refractivity contribution in [1.29, 1.82) is 0 Å². The highest BCUT2D eigenvalue weighted by Gasteiger charge is 2.43. The third-order valence-electron chi connectivity index (χ3n) is 6.49. The molecule has 2 N–H and O–H groups in total.